The van der Waals surface area contributed by atoms with Crippen LogP contribution in [0.5, 0.6) is 0 Å². The number of rotatable bonds is 7. The molecule has 0 bridgehead atoms. The summed E-state index contributed by atoms with van der Waals surface area (Å²) in [7, 11) is 0. The van der Waals surface area contributed by atoms with Gasteiger partial charge < -0.3 is 10.1 Å². The molecule has 0 aliphatic heterocycles. The third-order valence-corrected chi connectivity index (χ3v) is 3.86. The van der Waals surface area contributed by atoms with Crippen LogP contribution in [0, 0.1) is 13.8 Å². The highest BCUT2D eigenvalue weighted by atomic mass is 16.5. The fourth-order valence-electron chi connectivity index (χ4n) is 2.74. The molecule has 3 rings (SSSR count). The Bertz CT molecular complexity index is 816. The van der Waals surface area contributed by atoms with Crippen molar-refractivity contribution in [2.75, 3.05) is 18.5 Å². The van der Waals surface area contributed by atoms with Crippen molar-refractivity contribution < 1.29 is 4.74 Å². The van der Waals surface area contributed by atoms with Crippen molar-refractivity contribution in [2.24, 2.45) is 0 Å². The summed E-state index contributed by atoms with van der Waals surface area (Å²) in [4.78, 5) is 8.90. The summed E-state index contributed by atoms with van der Waals surface area (Å²) in [6.07, 6.45) is 3.38. The molecule has 6 heteroatoms. The summed E-state index contributed by atoms with van der Waals surface area (Å²) in [5.41, 5.74) is 3.12. The molecule has 2 heterocycles. The number of nitrogens with zero attached hydrogens (tertiary/aromatic N) is 4. The smallest absolute Gasteiger partial charge is 0.174 e. The van der Waals surface area contributed by atoms with Crippen LogP contribution < -0.4 is 5.32 Å². The number of hydrogen-bond donors (Lipinski definition) is 1. The van der Waals surface area contributed by atoms with Gasteiger partial charge in [-0.3, -0.25) is 4.98 Å². The van der Waals surface area contributed by atoms with Crippen LogP contribution in [-0.2, 0) is 4.74 Å². The van der Waals surface area contributed by atoms with E-state index in [1.54, 1.807) is 17.1 Å². The van der Waals surface area contributed by atoms with Crippen molar-refractivity contribution in [1.29, 1.82) is 0 Å². The first-order chi connectivity index (χ1) is 12.2. The van der Waals surface area contributed by atoms with E-state index >= 15 is 0 Å². The topological polar surface area (TPSA) is 64.9 Å². The molecule has 1 atom stereocenters. The molecule has 0 amide bonds. The zero-order valence-electron chi connectivity index (χ0n) is 14.8. The van der Waals surface area contributed by atoms with E-state index in [-0.39, 0.29) is 6.10 Å². The number of benzene rings is 1. The Morgan fingerprint density at radius 3 is 2.64 bits per heavy atom. The van der Waals surface area contributed by atoms with E-state index in [2.05, 4.69) is 32.5 Å². The zero-order valence-corrected chi connectivity index (χ0v) is 14.8. The third-order valence-electron chi connectivity index (χ3n) is 3.86. The molecule has 1 unspecified atom stereocenters. The second-order valence-electron chi connectivity index (χ2n) is 5.84. The van der Waals surface area contributed by atoms with Gasteiger partial charge in [-0.15, -0.1) is 0 Å². The first-order valence-electron chi connectivity index (χ1n) is 8.43. The van der Waals surface area contributed by atoms with E-state index < -0.39 is 0 Å². The Balaban J connectivity index is 1.74. The lowest BCUT2D eigenvalue weighted by Crippen LogP contribution is -2.17. The minimum absolute atomic E-state index is 0.0367. The van der Waals surface area contributed by atoms with Gasteiger partial charge in [0.15, 0.2) is 5.82 Å². The SMILES string of the molecule is CCOC(CNc1cncc(-n2nc(C)cc2C)n1)c1ccccc1. The summed E-state index contributed by atoms with van der Waals surface area (Å²) in [6.45, 7) is 7.24. The maximum atomic E-state index is 5.86. The second-order valence-corrected chi connectivity index (χ2v) is 5.84. The molecule has 0 spiro atoms. The minimum atomic E-state index is -0.0367. The summed E-state index contributed by atoms with van der Waals surface area (Å²) in [5, 5.41) is 7.78. The second kappa shape index (κ2) is 7.90. The highest BCUT2D eigenvalue weighted by Gasteiger charge is 2.12. The predicted molar refractivity (Wildman–Crippen MR) is 97.9 cm³/mol. The van der Waals surface area contributed by atoms with E-state index in [9.17, 15) is 0 Å². The van der Waals surface area contributed by atoms with Crippen LogP contribution >= 0.6 is 0 Å². The summed E-state index contributed by atoms with van der Waals surface area (Å²) in [6, 6.07) is 12.2. The van der Waals surface area contributed by atoms with Gasteiger partial charge in [0.05, 0.1) is 24.2 Å². The number of aryl methyl sites for hydroxylation is 2. The van der Waals surface area contributed by atoms with E-state index in [0.717, 1.165) is 17.0 Å². The molecule has 3 aromatic rings. The molecule has 130 valence electrons. The zero-order chi connectivity index (χ0) is 17.6. The maximum Gasteiger partial charge on any atom is 0.174 e. The van der Waals surface area contributed by atoms with Crippen LogP contribution in [0.25, 0.3) is 5.82 Å². The van der Waals surface area contributed by atoms with Gasteiger partial charge in [0.25, 0.3) is 0 Å². The average Bonchev–Trinajstić information content (AvgIpc) is 2.98. The Hall–Kier alpha value is -2.73. The van der Waals surface area contributed by atoms with Crippen molar-refractivity contribution in [1.82, 2.24) is 19.7 Å². The predicted octanol–water partition coefficient (Wildman–Crippen LogP) is 3.47. The molecule has 25 heavy (non-hydrogen) atoms. The van der Waals surface area contributed by atoms with Crippen molar-refractivity contribution in [3.05, 3.63) is 65.7 Å². The first-order valence-corrected chi connectivity index (χ1v) is 8.43. The van der Waals surface area contributed by atoms with E-state index in [1.807, 2.05) is 45.0 Å². The number of anilines is 1. The number of nitrogens with one attached hydrogen (secondary N) is 1. The standard InChI is InChI=1S/C19H23N5O/c1-4-25-17(16-8-6-5-7-9-16)11-21-18-12-20-13-19(22-18)24-15(3)10-14(2)23-24/h5-10,12-13,17H,4,11H2,1-3H3,(H,21,22). The highest BCUT2D eigenvalue weighted by Crippen LogP contribution is 2.18. The Morgan fingerprint density at radius 2 is 1.96 bits per heavy atom. The molecular formula is C19H23N5O. The van der Waals surface area contributed by atoms with Crippen molar-refractivity contribution >= 4 is 5.82 Å². The van der Waals surface area contributed by atoms with Gasteiger partial charge in [-0.25, -0.2) is 9.67 Å². The number of ether oxygens (including phenoxy) is 1. The first kappa shape index (κ1) is 17.1. The molecule has 1 N–H and O–H groups in total. The molecule has 0 radical (unpaired) electrons. The van der Waals surface area contributed by atoms with Crippen molar-refractivity contribution in [2.45, 2.75) is 26.9 Å². The molecule has 0 fully saturated rings. The van der Waals surface area contributed by atoms with E-state index in [4.69, 9.17) is 4.74 Å². The van der Waals surface area contributed by atoms with Gasteiger partial charge in [0, 0.05) is 18.8 Å². The molecule has 0 aliphatic rings. The summed E-state index contributed by atoms with van der Waals surface area (Å²) >= 11 is 0. The summed E-state index contributed by atoms with van der Waals surface area (Å²) < 4.78 is 7.66. The Kier molecular flexibility index (Phi) is 5.40. The van der Waals surface area contributed by atoms with Crippen LogP contribution in [0.15, 0.2) is 48.8 Å². The maximum absolute atomic E-state index is 5.86. The Morgan fingerprint density at radius 1 is 1.16 bits per heavy atom. The highest BCUT2D eigenvalue weighted by molar-refractivity contribution is 5.37. The van der Waals surface area contributed by atoms with Crippen molar-refractivity contribution in [3.63, 3.8) is 0 Å². The van der Waals surface area contributed by atoms with Crippen LogP contribution in [0.4, 0.5) is 5.82 Å². The van der Waals surface area contributed by atoms with Crippen LogP contribution in [-0.4, -0.2) is 32.9 Å². The monoisotopic (exact) mass is 337 g/mol. The average molecular weight is 337 g/mol. The molecule has 0 aliphatic carbocycles. The lowest BCUT2D eigenvalue weighted by molar-refractivity contribution is 0.0718. The number of hydrogen-bond acceptors (Lipinski definition) is 5. The molecule has 1 aromatic carbocycles. The van der Waals surface area contributed by atoms with E-state index in [0.29, 0.717) is 24.8 Å². The Labute approximate surface area is 147 Å². The summed E-state index contributed by atoms with van der Waals surface area (Å²) in [5.74, 6) is 1.40. The minimum Gasteiger partial charge on any atom is -0.372 e. The van der Waals surface area contributed by atoms with Gasteiger partial charge in [-0.1, -0.05) is 30.3 Å². The lowest BCUT2D eigenvalue weighted by atomic mass is 10.1. The largest absolute Gasteiger partial charge is 0.372 e. The molecular weight excluding hydrogens is 314 g/mol. The van der Waals surface area contributed by atoms with Crippen LogP contribution in [0.2, 0.25) is 0 Å². The quantitative estimate of drug-likeness (QED) is 0.715. The fourth-order valence-corrected chi connectivity index (χ4v) is 2.74. The third kappa shape index (κ3) is 4.22. The van der Waals surface area contributed by atoms with Gasteiger partial charge >= 0.3 is 0 Å². The van der Waals surface area contributed by atoms with Gasteiger partial charge in [-0.2, -0.15) is 5.10 Å². The van der Waals surface area contributed by atoms with E-state index in [1.165, 1.54) is 0 Å². The van der Waals surface area contributed by atoms with Gasteiger partial charge in [-0.05, 0) is 32.4 Å². The normalized spacial score (nSPS) is 12.1. The fraction of sp³-hybridized carbons (Fsp3) is 0.316. The lowest BCUT2D eigenvalue weighted by Gasteiger charge is -2.18. The molecule has 6 nitrogen and oxygen atoms in total. The number of aromatic nitrogens is 4. The van der Waals surface area contributed by atoms with Gasteiger partial charge in [0.2, 0.25) is 0 Å². The van der Waals surface area contributed by atoms with Crippen LogP contribution in [0.1, 0.15) is 30.0 Å². The van der Waals surface area contributed by atoms with Crippen LogP contribution in [0.3, 0.4) is 0 Å². The van der Waals surface area contributed by atoms with Crippen molar-refractivity contribution in [3.8, 4) is 5.82 Å². The molecule has 0 saturated carbocycles. The van der Waals surface area contributed by atoms with Gasteiger partial charge in [0.1, 0.15) is 5.82 Å². The molecule has 2 aromatic heterocycles. The molecule has 0 saturated heterocycles.